The number of likely N-dealkylation sites (tertiary alicyclic amines) is 1. The number of ether oxygens (including phenoxy) is 1. The Bertz CT molecular complexity index is 247. The molecule has 0 aromatic rings. The molecule has 1 atom stereocenters. The fourth-order valence-corrected chi connectivity index (χ4v) is 1.67. The third-order valence-corrected chi connectivity index (χ3v) is 2.74. The Morgan fingerprint density at radius 3 is 2.53 bits per heavy atom. The fourth-order valence-electron chi connectivity index (χ4n) is 1.67. The number of amides is 1. The molecule has 15 heavy (non-hydrogen) atoms. The molecule has 1 saturated heterocycles. The number of carbonyl (C=O) groups excluding carboxylic acids is 1. The molecule has 4 heteroatoms. The van der Waals surface area contributed by atoms with Gasteiger partial charge in [0, 0.05) is 18.6 Å². The van der Waals surface area contributed by atoms with Crippen LogP contribution in [0.15, 0.2) is 0 Å². The van der Waals surface area contributed by atoms with Crippen molar-refractivity contribution >= 4 is 6.09 Å². The summed E-state index contributed by atoms with van der Waals surface area (Å²) in [6.45, 7) is 8.99. The quantitative estimate of drug-likeness (QED) is 0.723. The molecule has 0 spiro atoms. The zero-order valence-corrected chi connectivity index (χ0v) is 10.2. The van der Waals surface area contributed by atoms with Crippen LogP contribution in [0.4, 0.5) is 4.79 Å². The molecule has 1 fully saturated rings. The summed E-state index contributed by atoms with van der Waals surface area (Å²) >= 11 is 0. The molecule has 1 aliphatic rings. The molecule has 0 aromatic carbocycles. The van der Waals surface area contributed by atoms with Crippen LogP contribution in [-0.2, 0) is 4.74 Å². The first-order valence-electron chi connectivity index (χ1n) is 5.52. The van der Waals surface area contributed by atoms with E-state index in [9.17, 15) is 4.79 Å². The van der Waals surface area contributed by atoms with E-state index in [0.29, 0.717) is 13.1 Å². The summed E-state index contributed by atoms with van der Waals surface area (Å²) in [5.41, 5.74) is 5.46. The van der Waals surface area contributed by atoms with E-state index >= 15 is 0 Å². The van der Waals surface area contributed by atoms with Gasteiger partial charge in [-0.3, -0.25) is 0 Å². The van der Waals surface area contributed by atoms with Gasteiger partial charge in [-0.2, -0.15) is 0 Å². The molecule has 0 unspecified atom stereocenters. The van der Waals surface area contributed by atoms with Gasteiger partial charge < -0.3 is 15.4 Å². The van der Waals surface area contributed by atoms with E-state index in [1.165, 1.54) is 0 Å². The minimum atomic E-state index is -0.427. The lowest BCUT2D eigenvalue weighted by molar-refractivity contribution is 0.0284. The van der Waals surface area contributed by atoms with Crippen LogP contribution in [0.1, 0.15) is 40.5 Å². The van der Waals surface area contributed by atoms with E-state index in [1.54, 1.807) is 4.90 Å². The lowest BCUT2D eigenvalue weighted by Crippen LogP contribution is -2.44. The molecule has 0 saturated carbocycles. The van der Waals surface area contributed by atoms with E-state index in [-0.39, 0.29) is 11.6 Å². The topological polar surface area (TPSA) is 55.6 Å². The highest BCUT2D eigenvalue weighted by Gasteiger charge is 2.36. The smallest absolute Gasteiger partial charge is 0.410 e. The molecule has 0 bridgehead atoms. The summed E-state index contributed by atoms with van der Waals surface area (Å²) in [4.78, 5) is 13.4. The van der Waals surface area contributed by atoms with Crippen LogP contribution in [0, 0.1) is 0 Å². The molecule has 2 N–H and O–H groups in total. The van der Waals surface area contributed by atoms with E-state index in [2.05, 4.69) is 6.92 Å². The predicted molar refractivity (Wildman–Crippen MR) is 59.6 cm³/mol. The number of hydrogen-bond acceptors (Lipinski definition) is 3. The summed E-state index contributed by atoms with van der Waals surface area (Å²) in [6.07, 6.45) is 1.51. The second-order valence-corrected chi connectivity index (χ2v) is 5.37. The zero-order chi connectivity index (χ0) is 11.7. The van der Waals surface area contributed by atoms with Gasteiger partial charge in [-0.25, -0.2) is 4.79 Å². The summed E-state index contributed by atoms with van der Waals surface area (Å²) < 4.78 is 5.29. The Hall–Kier alpha value is -0.770. The van der Waals surface area contributed by atoms with Crippen molar-refractivity contribution in [3.63, 3.8) is 0 Å². The average Bonchev–Trinajstić information content (AvgIpc) is 2.46. The summed E-state index contributed by atoms with van der Waals surface area (Å²) in [7, 11) is 0. The number of hydrogen-bond donors (Lipinski definition) is 1. The van der Waals surface area contributed by atoms with Crippen LogP contribution in [0.25, 0.3) is 0 Å². The first kappa shape index (κ1) is 12.3. The Morgan fingerprint density at radius 1 is 1.53 bits per heavy atom. The van der Waals surface area contributed by atoms with Crippen molar-refractivity contribution in [2.75, 3.05) is 13.1 Å². The SMILES string of the molecule is CC[C@]1(N)CCN(C(=O)OC(C)(C)C)C1. The highest BCUT2D eigenvalue weighted by Crippen LogP contribution is 2.23. The van der Waals surface area contributed by atoms with Crippen molar-refractivity contribution in [3.05, 3.63) is 0 Å². The van der Waals surface area contributed by atoms with Gasteiger partial charge in [0.2, 0.25) is 0 Å². The van der Waals surface area contributed by atoms with Crippen molar-refractivity contribution in [2.24, 2.45) is 5.73 Å². The molecule has 88 valence electrons. The van der Waals surface area contributed by atoms with Gasteiger partial charge in [-0.15, -0.1) is 0 Å². The molecule has 1 heterocycles. The highest BCUT2D eigenvalue weighted by atomic mass is 16.6. The maximum absolute atomic E-state index is 11.7. The molecule has 4 nitrogen and oxygen atoms in total. The molecule has 1 rings (SSSR count). The van der Waals surface area contributed by atoms with E-state index in [0.717, 1.165) is 12.8 Å². The minimum absolute atomic E-state index is 0.211. The Kier molecular flexibility index (Phi) is 3.28. The van der Waals surface area contributed by atoms with Crippen LogP contribution in [0.3, 0.4) is 0 Å². The lowest BCUT2D eigenvalue weighted by atomic mass is 9.97. The third-order valence-electron chi connectivity index (χ3n) is 2.74. The van der Waals surface area contributed by atoms with Crippen LogP contribution in [-0.4, -0.2) is 35.2 Å². The van der Waals surface area contributed by atoms with Crippen molar-refractivity contribution in [2.45, 2.75) is 51.7 Å². The largest absolute Gasteiger partial charge is 0.444 e. The lowest BCUT2D eigenvalue weighted by Gasteiger charge is -2.26. The standard InChI is InChI=1S/C11H22N2O2/c1-5-11(12)6-7-13(8-11)9(14)15-10(2,3)4/h5-8,12H2,1-4H3/t11-/m0/s1. The van der Waals surface area contributed by atoms with Gasteiger partial charge in [0.25, 0.3) is 0 Å². The Morgan fingerprint density at radius 2 is 2.13 bits per heavy atom. The van der Waals surface area contributed by atoms with Gasteiger partial charge >= 0.3 is 6.09 Å². The van der Waals surface area contributed by atoms with Crippen molar-refractivity contribution in [1.29, 1.82) is 0 Å². The Labute approximate surface area is 91.8 Å². The molecular weight excluding hydrogens is 192 g/mol. The highest BCUT2D eigenvalue weighted by molar-refractivity contribution is 5.68. The van der Waals surface area contributed by atoms with Crippen molar-refractivity contribution in [1.82, 2.24) is 4.90 Å². The molecule has 1 aliphatic heterocycles. The summed E-state index contributed by atoms with van der Waals surface area (Å²) in [5.74, 6) is 0. The fraction of sp³-hybridized carbons (Fsp3) is 0.909. The molecule has 0 aliphatic carbocycles. The first-order valence-corrected chi connectivity index (χ1v) is 5.52. The second-order valence-electron chi connectivity index (χ2n) is 5.37. The second kappa shape index (κ2) is 4.00. The average molecular weight is 214 g/mol. The maximum Gasteiger partial charge on any atom is 0.410 e. The number of nitrogens with two attached hydrogens (primary N) is 1. The predicted octanol–water partition coefficient (Wildman–Crippen LogP) is 1.73. The van der Waals surface area contributed by atoms with Gasteiger partial charge in [-0.05, 0) is 33.6 Å². The van der Waals surface area contributed by atoms with Gasteiger partial charge in [0.05, 0.1) is 0 Å². The third kappa shape index (κ3) is 3.38. The van der Waals surface area contributed by atoms with Crippen LogP contribution in [0.2, 0.25) is 0 Å². The molecule has 1 amide bonds. The molecular formula is C11H22N2O2. The van der Waals surface area contributed by atoms with Gasteiger partial charge in [0.15, 0.2) is 0 Å². The molecule has 0 aromatic heterocycles. The number of rotatable bonds is 1. The minimum Gasteiger partial charge on any atom is -0.444 e. The van der Waals surface area contributed by atoms with E-state index < -0.39 is 5.60 Å². The number of carbonyl (C=O) groups is 1. The first-order chi connectivity index (χ1) is 6.76. The van der Waals surface area contributed by atoms with Crippen LogP contribution < -0.4 is 5.73 Å². The monoisotopic (exact) mass is 214 g/mol. The zero-order valence-electron chi connectivity index (χ0n) is 10.2. The van der Waals surface area contributed by atoms with E-state index in [4.69, 9.17) is 10.5 Å². The Balaban J connectivity index is 2.51. The van der Waals surface area contributed by atoms with Crippen molar-refractivity contribution in [3.8, 4) is 0 Å². The summed E-state index contributed by atoms with van der Waals surface area (Å²) in [5, 5.41) is 0. The summed E-state index contributed by atoms with van der Waals surface area (Å²) in [6, 6.07) is 0. The van der Waals surface area contributed by atoms with Crippen molar-refractivity contribution < 1.29 is 9.53 Å². The van der Waals surface area contributed by atoms with Crippen LogP contribution in [0.5, 0.6) is 0 Å². The van der Waals surface area contributed by atoms with Gasteiger partial charge in [-0.1, -0.05) is 6.92 Å². The normalized spacial score (nSPS) is 26.9. The maximum atomic E-state index is 11.7. The van der Waals surface area contributed by atoms with Gasteiger partial charge in [0.1, 0.15) is 5.60 Å². The number of nitrogens with zero attached hydrogens (tertiary/aromatic N) is 1. The van der Waals surface area contributed by atoms with Crippen LogP contribution >= 0.6 is 0 Å². The molecule has 0 radical (unpaired) electrons. The van der Waals surface area contributed by atoms with E-state index in [1.807, 2.05) is 20.8 Å².